The van der Waals surface area contributed by atoms with Crippen molar-refractivity contribution in [2.75, 3.05) is 19.8 Å². The number of hydrogen-bond acceptors (Lipinski definition) is 6. The molecule has 0 bridgehead atoms. The van der Waals surface area contributed by atoms with Gasteiger partial charge in [0.1, 0.15) is 17.6 Å². The van der Waals surface area contributed by atoms with E-state index in [0.29, 0.717) is 48.2 Å². The number of imidazole rings is 1. The van der Waals surface area contributed by atoms with Crippen LogP contribution in [0.1, 0.15) is 100 Å². The van der Waals surface area contributed by atoms with Crippen LogP contribution in [0.4, 0.5) is 0 Å². The number of fused-ring (bicyclic) bond motifs is 1. The van der Waals surface area contributed by atoms with Gasteiger partial charge in [-0.1, -0.05) is 63.6 Å². The zero-order chi connectivity index (χ0) is 35.8. The summed E-state index contributed by atoms with van der Waals surface area (Å²) in [4.78, 5) is 49.7. The highest BCUT2D eigenvalue weighted by atomic mass is 35.5. The maximum Gasteiger partial charge on any atom is 0.270 e. The van der Waals surface area contributed by atoms with Crippen LogP contribution in [0.2, 0.25) is 5.02 Å². The minimum Gasteiger partial charge on any atom is -0.380 e. The van der Waals surface area contributed by atoms with Crippen LogP contribution in [0.25, 0.3) is 11.0 Å². The summed E-state index contributed by atoms with van der Waals surface area (Å²) in [5, 5.41) is 14.2. The van der Waals surface area contributed by atoms with Gasteiger partial charge in [0.05, 0.1) is 29.1 Å². The van der Waals surface area contributed by atoms with Crippen molar-refractivity contribution in [2.45, 2.75) is 90.8 Å². The molecule has 50 heavy (non-hydrogen) atoms. The Morgan fingerprint density at radius 1 is 1.06 bits per heavy atom. The molecule has 3 heterocycles. The number of aromatic nitrogens is 4. The van der Waals surface area contributed by atoms with Gasteiger partial charge in [0.15, 0.2) is 0 Å². The zero-order valence-electron chi connectivity index (χ0n) is 29.7. The highest BCUT2D eigenvalue weighted by Gasteiger charge is 2.51. The van der Waals surface area contributed by atoms with Gasteiger partial charge in [-0.25, -0.2) is 4.98 Å². The third-order valence-electron chi connectivity index (χ3n) is 10.5. The van der Waals surface area contributed by atoms with Crippen molar-refractivity contribution in [3.63, 3.8) is 0 Å². The minimum atomic E-state index is -0.997. The maximum absolute atomic E-state index is 14.2. The summed E-state index contributed by atoms with van der Waals surface area (Å²) in [6.45, 7) is 13.5. The summed E-state index contributed by atoms with van der Waals surface area (Å²) in [5.74, 6) is -0.309. The molecule has 2 fully saturated rings. The van der Waals surface area contributed by atoms with Crippen LogP contribution in [0, 0.1) is 10.8 Å². The predicted octanol–water partition coefficient (Wildman–Crippen LogP) is 5.81. The molecule has 1 aliphatic heterocycles. The second kappa shape index (κ2) is 13.8. The molecule has 0 spiro atoms. The Balaban J connectivity index is 1.40. The summed E-state index contributed by atoms with van der Waals surface area (Å²) in [7, 11) is 0. The topological polar surface area (TPSA) is 143 Å². The average molecular weight is 702 g/mol. The highest BCUT2D eigenvalue weighted by Crippen LogP contribution is 2.60. The van der Waals surface area contributed by atoms with Gasteiger partial charge in [0.25, 0.3) is 5.91 Å². The molecule has 4 atom stereocenters. The summed E-state index contributed by atoms with van der Waals surface area (Å²) in [5.41, 5.74) is 1.98. The van der Waals surface area contributed by atoms with E-state index in [1.807, 2.05) is 77.1 Å². The molecule has 1 saturated heterocycles. The summed E-state index contributed by atoms with van der Waals surface area (Å²) in [6.07, 6.45) is 4.06. The minimum absolute atomic E-state index is 0.116. The summed E-state index contributed by atoms with van der Waals surface area (Å²) >= 11 is 6.85. The number of hydrogen-bond donors (Lipinski definition) is 4. The van der Waals surface area contributed by atoms with E-state index >= 15 is 0 Å². The average Bonchev–Trinajstić information content (AvgIpc) is 3.50. The molecule has 2 aliphatic rings. The number of amides is 3. The lowest BCUT2D eigenvalue weighted by molar-refractivity contribution is -0.134. The monoisotopic (exact) mass is 701 g/mol. The van der Waals surface area contributed by atoms with Crippen molar-refractivity contribution in [2.24, 2.45) is 10.8 Å². The van der Waals surface area contributed by atoms with Crippen LogP contribution < -0.4 is 16.0 Å². The lowest BCUT2D eigenvalue weighted by Gasteiger charge is -2.34. The quantitative estimate of drug-likeness (QED) is 0.147. The van der Waals surface area contributed by atoms with Crippen LogP contribution >= 0.6 is 11.6 Å². The molecular weight excluding hydrogens is 654 g/mol. The molecule has 4 aromatic rings. The number of nitrogens with one attached hydrogen (secondary N) is 4. The number of likely N-dealkylation sites (N-methyl/N-ethyl adjacent to an activating group) is 1. The second-order valence-corrected chi connectivity index (χ2v) is 15.4. The fourth-order valence-electron chi connectivity index (χ4n) is 7.29. The Morgan fingerprint density at radius 3 is 2.46 bits per heavy atom. The van der Waals surface area contributed by atoms with E-state index in [9.17, 15) is 14.4 Å². The number of H-pyrrole nitrogens is 1. The lowest BCUT2D eigenvalue weighted by atomic mass is 9.77. The van der Waals surface area contributed by atoms with Crippen LogP contribution in [0.3, 0.4) is 0 Å². The van der Waals surface area contributed by atoms with Crippen LogP contribution in [0.5, 0.6) is 0 Å². The molecule has 1 aliphatic carbocycles. The molecular formula is C38H48ClN7O4. The molecule has 1 unspecified atom stereocenters. The normalized spacial score (nSPS) is 20.2. The SMILES string of the molecule is CCNC(=O)[C@H](NC(=O)C1(c2ccc3nc([C@@H](NC(=O)c4ccnn4CC)[C@H](c4ccccc4Cl)C4(C)CC4)[nH]c3c2)CCOC1)C(C)(C)C. The van der Waals surface area contributed by atoms with Gasteiger partial charge in [-0.15, -0.1) is 0 Å². The third-order valence-corrected chi connectivity index (χ3v) is 10.8. The van der Waals surface area contributed by atoms with E-state index < -0.39 is 22.9 Å². The fourth-order valence-corrected chi connectivity index (χ4v) is 7.55. The van der Waals surface area contributed by atoms with Crippen molar-refractivity contribution in [1.29, 1.82) is 0 Å². The molecule has 4 N–H and O–H groups in total. The molecule has 3 amide bonds. The molecule has 2 aromatic carbocycles. The third kappa shape index (κ3) is 6.77. The number of benzene rings is 2. The number of aryl methyl sites for hydroxylation is 1. The maximum atomic E-state index is 14.2. The molecule has 2 aromatic heterocycles. The van der Waals surface area contributed by atoms with Gasteiger partial charge in [-0.05, 0) is 79.3 Å². The molecule has 1 saturated carbocycles. The number of nitrogens with zero attached hydrogens (tertiary/aromatic N) is 3. The van der Waals surface area contributed by atoms with Gasteiger partial charge in [0.2, 0.25) is 11.8 Å². The summed E-state index contributed by atoms with van der Waals surface area (Å²) in [6, 6.07) is 14.0. The molecule has 11 nitrogen and oxygen atoms in total. The number of ether oxygens (including phenoxy) is 1. The number of carbonyl (C=O) groups excluding carboxylic acids is 3. The highest BCUT2D eigenvalue weighted by molar-refractivity contribution is 6.31. The summed E-state index contributed by atoms with van der Waals surface area (Å²) < 4.78 is 7.52. The fraction of sp³-hybridized carbons (Fsp3) is 0.500. The van der Waals surface area contributed by atoms with E-state index in [1.54, 1.807) is 16.9 Å². The molecule has 0 radical (unpaired) electrons. The van der Waals surface area contributed by atoms with Crippen molar-refractivity contribution in [3.05, 3.63) is 82.4 Å². The Hall–Kier alpha value is -4.22. The number of aromatic amines is 1. The second-order valence-electron chi connectivity index (χ2n) is 15.0. The zero-order valence-corrected chi connectivity index (χ0v) is 30.5. The first-order valence-corrected chi connectivity index (χ1v) is 17.9. The first-order chi connectivity index (χ1) is 23.8. The van der Waals surface area contributed by atoms with Crippen molar-refractivity contribution in [1.82, 2.24) is 35.7 Å². The van der Waals surface area contributed by atoms with Crippen molar-refractivity contribution < 1.29 is 19.1 Å². The Morgan fingerprint density at radius 2 is 1.82 bits per heavy atom. The van der Waals surface area contributed by atoms with E-state index in [4.69, 9.17) is 21.3 Å². The lowest BCUT2D eigenvalue weighted by Crippen LogP contribution is -2.58. The van der Waals surface area contributed by atoms with Crippen molar-refractivity contribution in [3.8, 4) is 0 Å². The van der Waals surface area contributed by atoms with E-state index in [-0.39, 0.29) is 35.7 Å². The van der Waals surface area contributed by atoms with Crippen LogP contribution in [0.15, 0.2) is 54.7 Å². The number of rotatable bonds is 12. The van der Waals surface area contributed by atoms with Gasteiger partial charge in [-0.2, -0.15) is 5.10 Å². The predicted molar refractivity (Wildman–Crippen MR) is 193 cm³/mol. The Kier molecular flexibility index (Phi) is 9.85. The first-order valence-electron chi connectivity index (χ1n) is 17.5. The van der Waals surface area contributed by atoms with E-state index in [0.717, 1.165) is 29.5 Å². The molecule has 266 valence electrons. The number of carbonyl (C=O) groups is 3. The Labute approximate surface area is 298 Å². The van der Waals surface area contributed by atoms with Gasteiger partial charge in [-0.3, -0.25) is 19.1 Å². The van der Waals surface area contributed by atoms with Gasteiger partial charge in [0, 0.05) is 36.8 Å². The van der Waals surface area contributed by atoms with Gasteiger partial charge < -0.3 is 25.7 Å². The molecule has 6 rings (SSSR count). The van der Waals surface area contributed by atoms with Gasteiger partial charge >= 0.3 is 0 Å². The van der Waals surface area contributed by atoms with Crippen molar-refractivity contribution >= 4 is 40.4 Å². The van der Waals surface area contributed by atoms with E-state index in [2.05, 4.69) is 33.0 Å². The van der Waals surface area contributed by atoms with Crippen LogP contribution in [-0.4, -0.2) is 63.3 Å². The smallest absolute Gasteiger partial charge is 0.270 e. The first kappa shape index (κ1) is 35.6. The van der Waals surface area contributed by atoms with E-state index in [1.165, 1.54) is 0 Å². The number of halogens is 1. The molecule has 12 heteroatoms. The standard InChI is InChI=1S/C38H48ClN7O4/c1-7-40-34(48)31(36(3,4)5)45-35(49)38(18-20-50-22-38)23-13-14-26-27(21-23)43-32(42-26)30(44-33(47)28-15-19-41-46(28)8-2)29(37(6)16-17-37)24-11-9-10-12-25(24)39/h9-15,19,21,29-31H,7-8,16-18,20,22H2,1-6H3,(H,40,48)(H,42,43)(H,44,47)(H,45,49)/t29-,30-,31-,38?/m0/s1. The largest absolute Gasteiger partial charge is 0.380 e. The Bertz CT molecular complexity index is 1880. The van der Waals surface area contributed by atoms with Crippen LogP contribution in [-0.2, 0) is 26.3 Å².